The molecule has 2 fully saturated rings. The third-order valence-corrected chi connectivity index (χ3v) is 8.91. The number of hydrogen-bond donors (Lipinski definition) is 2. The molecule has 2 aliphatic rings. The SMILES string of the molecule is CC(C)(C)OC(=O)N1CCC[C@H]1c1nc(-c2ccc(/C=C/c3ccc4nc([C@@H]5CCCN5C(=O)OC(C)(C)C)[nH]c4c3)s2)c[nH]1. The van der Waals surface area contributed by atoms with Gasteiger partial charge in [0.25, 0.3) is 0 Å². The van der Waals surface area contributed by atoms with Gasteiger partial charge in [-0.2, -0.15) is 0 Å². The van der Waals surface area contributed by atoms with Crippen molar-refractivity contribution in [2.45, 2.75) is 90.5 Å². The molecule has 238 valence electrons. The predicted octanol–water partition coefficient (Wildman–Crippen LogP) is 8.33. The number of rotatable bonds is 5. The molecule has 0 radical (unpaired) electrons. The van der Waals surface area contributed by atoms with Crippen LogP contribution in [-0.4, -0.2) is 66.2 Å². The number of carbonyl (C=O) groups excluding carboxylic acids is 2. The summed E-state index contributed by atoms with van der Waals surface area (Å²) in [5, 5.41) is 0. The molecule has 2 N–H and O–H groups in total. The Bertz CT molecular complexity index is 1720. The van der Waals surface area contributed by atoms with Gasteiger partial charge in [0.1, 0.15) is 22.9 Å². The highest BCUT2D eigenvalue weighted by Gasteiger charge is 2.36. The fourth-order valence-electron chi connectivity index (χ4n) is 5.88. The molecule has 0 spiro atoms. The van der Waals surface area contributed by atoms with Gasteiger partial charge >= 0.3 is 12.2 Å². The third-order valence-electron chi connectivity index (χ3n) is 7.83. The number of imidazole rings is 2. The molecule has 6 rings (SSSR count). The van der Waals surface area contributed by atoms with Crippen molar-refractivity contribution < 1.29 is 19.1 Å². The Labute approximate surface area is 267 Å². The van der Waals surface area contributed by atoms with Crippen molar-refractivity contribution >= 4 is 46.7 Å². The molecule has 0 bridgehead atoms. The second kappa shape index (κ2) is 12.0. The van der Waals surface area contributed by atoms with Crippen LogP contribution in [-0.2, 0) is 9.47 Å². The van der Waals surface area contributed by atoms with E-state index in [1.54, 1.807) is 21.1 Å². The van der Waals surface area contributed by atoms with Gasteiger partial charge in [-0.25, -0.2) is 19.6 Å². The summed E-state index contributed by atoms with van der Waals surface area (Å²) >= 11 is 1.66. The molecule has 2 amide bonds. The average molecular weight is 631 g/mol. The minimum Gasteiger partial charge on any atom is -0.444 e. The first-order valence-corrected chi connectivity index (χ1v) is 16.5. The lowest BCUT2D eigenvalue weighted by atomic mass is 10.2. The molecule has 2 atom stereocenters. The van der Waals surface area contributed by atoms with E-state index >= 15 is 0 Å². The van der Waals surface area contributed by atoms with Crippen LogP contribution in [0.25, 0.3) is 33.8 Å². The topological polar surface area (TPSA) is 116 Å². The van der Waals surface area contributed by atoms with E-state index < -0.39 is 11.2 Å². The Morgan fingerprint density at radius 1 is 0.867 bits per heavy atom. The molecular formula is C34H42N6O4S. The quantitative estimate of drug-likeness (QED) is 0.229. The van der Waals surface area contributed by atoms with Crippen LogP contribution in [0.1, 0.15) is 101 Å². The molecule has 0 aliphatic carbocycles. The van der Waals surface area contributed by atoms with Gasteiger partial charge in [-0.05, 0) is 103 Å². The van der Waals surface area contributed by atoms with Gasteiger partial charge < -0.3 is 19.4 Å². The van der Waals surface area contributed by atoms with E-state index in [0.29, 0.717) is 13.1 Å². The Morgan fingerprint density at radius 3 is 2.16 bits per heavy atom. The molecule has 2 aliphatic heterocycles. The first kappa shape index (κ1) is 30.9. The maximum Gasteiger partial charge on any atom is 0.410 e. The van der Waals surface area contributed by atoms with Crippen LogP contribution in [0.4, 0.5) is 9.59 Å². The van der Waals surface area contributed by atoms with E-state index in [9.17, 15) is 9.59 Å². The summed E-state index contributed by atoms with van der Waals surface area (Å²) in [6.45, 7) is 12.6. The highest BCUT2D eigenvalue weighted by Crippen LogP contribution is 2.35. The lowest BCUT2D eigenvalue weighted by molar-refractivity contribution is 0.0208. The van der Waals surface area contributed by atoms with Gasteiger partial charge in [-0.1, -0.05) is 12.1 Å². The van der Waals surface area contributed by atoms with Crippen LogP contribution < -0.4 is 0 Å². The van der Waals surface area contributed by atoms with Crippen molar-refractivity contribution in [3.05, 3.63) is 58.6 Å². The Kier molecular flexibility index (Phi) is 8.24. The second-order valence-electron chi connectivity index (χ2n) is 13.8. The number of aromatic nitrogens is 4. The van der Waals surface area contributed by atoms with E-state index in [2.05, 4.69) is 46.4 Å². The number of amides is 2. The lowest BCUT2D eigenvalue weighted by Crippen LogP contribution is -2.36. The number of nitrogens with zero attached hydrogens (tertiary/aromatic N) is 4. The molecule has 10 nitrogen and oxygen atoms in total. The number of H-pyrrole nitrogens is 2. The van der Waals surface area contributed by atoms with Gasteiger partial charge in [0.05, 0.1) is 33.7 Å². The zero-order valence-electron chi connectivity index (χ0n) is 26.8. The average Bonchev–Trinajstić information content (AvgIpc) is 3.78. The number of benzene rings is 1. The first-order valence-electron chi connectivity index (χ1n) is 15.7. The van der Waals surface area contributed by atoms with Gasteiger partial charge in [0, 0.05) is 24.2 Å². The molecule has 2 saturated heterocycles. The highest BCUT2D eigenvalue weighted by molar-refractivity contribution is 7.16. The van der Waals surface area contributed by atoms with E-state index in [1.165, 1.54) is 0 Å². The lowest BCUT2D eigenvalue weighted by Gasteiger charge is -2.27. The fourth-order valence-corrected chi connectivity index (χ4v) is 6.75. The van der Waals surface area contributed by atoms with Crippen LogP contribution in [0.2, 0.25) is 0 Å². The monoisotopic (exact) mass is 630 g/mol. The molecule has 5 heterocycles. The molecule has 0 saturated carbocycles. The Hall–Kier alpha value is -4.12. The minimum atomic E-state index is -0.537. The predicted molar refractivity (Wildman–Crippen MR) is 177 cm³/mol. The standard InChI is InChI=1S/C34H42N6O4S/c1-33(2,3)43-31(41)39-17-7-9-26(39)29-35-20-25(38-29)28-16-14-22(45-28)13-11-21-12-15-23-24(19-21)37-30(36-23)27-10-8-18-40(27)32(42)44-34(4,5)6/h11-16,19-20,26-27H,7-10,17-18H2,1-6H3,(H,35,38)(H,36,37)/b13-11+/t26-,27-/m0/s1. The number of likely N-dealkylation sites (tertiary alicyclic amines) is 2. The summed E-state index contributed by atoms with van der Waals surface area (Å²) < 4.78 is 11.3. The van der Waals surface area contributed by atoms with Crippen LogP contribution in [0.3, 0.4) is 0 Å². The maximum atomic E-state index is 12.8. The molecular weight excluding hydrogens is 588 g/mol. The summed E-state index contributed by atoms with van der Waals surface area (Å²) in [6.07, 6.45) is 9.07. The van der Waals surface area contributed by atoms with Crippen molar-refractivity contribution in [2.24, 2.45) is 0 Å². The minimum absolute atomic E-state index is 0.111. The van der Waals surface area contributed by atoms with E-state index in [4.69, 9.17) is 19.4 Å². The number of aromatic amines is 2. The molecule has 1 aromatic carbocycles. The van der Waals surface area contributed by atoms with Crippen molar-refractivity contribution in [2.75, 3.05) is 13.1 Å². The van der Waals surface area contributed by atoms with Crippen LogP contribution in [0.5, 0.6) is 0 Å². The van der Waals surface area contributed by atoms with E-state index in [1.807, 2.05) is 53.8 Å². The van der Waals surface area contributed by atoms with Gasteiger partial charge in [0.15, 0.2) is 0 Å². The molecule has 45 heavy (non-hydrogen) atoms. The van der Waals surface area contributed by atoms with Gasteiger partial charge in [-0.15, -0.1) is 11.3 Å². The van der Waals surface area contributed by atoms with Gasteiger partial charge in [-0.3, -0.25) is 9.80 Å². The van der Waals surface area contributed by atoms with Crippen molar-refractivity contribution in [1.29, 1.82) is 0 Å². The number of nitrogens with one attached hydrogen (secondary N) is 2. The largest absolute Gasteiger partial charge is 0.444 e. The zero-order chi connectivity index (χ0) is 31.9. The number of thiophene rings is 1. The van der Waals surface area contributed by atoms with Crippen molar-refractivity contribution in [3.8, 4) is 10.6 Å². The summed E-state index contributed by atoms with van der Waals surface area (Å²) in [5.74, 6) is 1.58. The van der Waals surface area contributed by atoms with Crippen LogP contribution in [0.15, 0.2) is 36.5 Å². The number of fused-ring (bicyclic) bond motifs is 1. The third kappa shape index (κ3) is 7.08. The highest BCUT2D eigenvalue weighted by atomic mass is 32.1. The Balaban J connectivity index is 1.13. The number of carbonyl (C=O) groups is 2. The normalized spacial score (nSPS) is 19.2. The fraction of sp³-hybridized carbons (Fsp3) is 0.471. The first-order chi connectivity index (χ1) is 21.3. The van der Waals surface area contributed by atoms with Crippen LogP contribution in [0, 0.1) is 0 Å². The van der Waals surface area contributed by atoms with E-state index in [0.717, 1.165) is 69.4 Å². The maximum absolute atomic E-state index is 12.8. The van der Waals surface area contributed by atoms with Crippen molar-refractivity contribution in [3.63, 3.8) is 0 Å². The molecule has 4 aromatic rings. The molecule has 3 aromatic heterocycles. The van der Waals surface area contributed by atoms with E-state index in [-0.39, 0.29) is 24.3 Å². The van der Waals surface area contributed by atoms with Crippen molar-refractivity contribution in [1.82, 2.24) is 29.7 Å². The molecule has 0 unspecified atom stereocenters. The number of ether oxygens (including phenoxy) is 2. The smallest absolute Gasteiger partial charge is 0.410 e. The summed E-state index contributed by atoms with van der Waals surface area (Å²) in [4.78, 5) is 47.7. The molecule has 11 heteroatoms. The zero-order valence-corrected chi connectivity index (χ0v) is 27.7. The summed E-state index contributed by atoms with van der Waals surface area (Å²) in [7, 11) is 0. The van der Waals surface area contributed by atoms with Gasteiger partial charge in [0.2, 0.25) is 0 Å². The summed E-state index contributed by atoms with van der Waals surface area (Å²) in [6, 6.07) is 10.1. The number of hydrogen-bond acceptors (Lipinski definition) is 7. The second-order valence-corrected chi connectivity index (χ2v) is 14.9. The summed E-state index contributed by atoms with van der Waals surface area (Å²) in [5.41, 5.74) is 2.65. The van der Waals surface area contributed by atoms with Crippen LogP contribution >= 0.6 is 11.3 Å². The Morgan fingerprint density at radius 2 is 1.51 bits per heavy atom.